The molecule has 1 aromatic rings. The zero-order valence-corrected chi connectivity index (χ0v) is 15.9. The van der Waals surface area contributed by atoms with Gasteiger partial charge in [-0.15, -0.1) is 0 Å². The highest BCUT2D eigenvalue weighted by Gasteiger charge is 2.27. The maximum absolute atomic E-state index is 12.7. The molecule has 0 bridgehead atoms. The highest BCUT2D eigenvalue weighted by molar-refractivity contribution is 6.42. The number of nitrogens with zero attached hydrogens (tertiary/aromatic N) is 2. The molecule has 0 aliphatic carbocycles. The van der Waals surface area contributed by atoms with E-state index in [-0.39, 0.29) is 6.03 Å². The maximum atomic E-state index is 12.7. The van der Waals surface area contributed by atoms with Crippen molar-refractivity contribution < 1.29 is 9.53 Å². The first-order valence-electron chi connectivity index (χ1n) is 8.96. The van der Waals surface area contributed by atoms with E-state index in [1.165, 1.54) is 6.42 Å². The van der Waals surface area contributed by atoms with Crippen molar-refractivity contribution in [2.24, 2.45) is 0 Å². The molecule has 2 heterocycles. The van der Waals surface area contributed by atoms with Gasteiger partial charge in [0.2, 0.25) is 0 Å². The van der Waals surface area contributed by atoms with Gasteiger partial charge in [0, 0.05) is 37.9 Å². The summed E-state index contributed by atoms with van der Waals surface area (Å²) in [5, 5.41) is 3.89. The van der Waals surface area contributed by atoms with Crippen LogP contribution in [0.15, 0.2) is 18.2 Å². The summed E-state index contributed by atoms with van der Waals surface area (Å²) in [5.74, 6) is 0. The number of anilines is 1. The Balaban J connectivity index is 1.57. The third kappa shape index (κ3) is 5.23. The van der Waals surface area contributed by atoms with E-state index >= 15 is 0 Å². The van der Waals surface area contributed by atoms with Gasteiger partial charge in [-0.1, -0.05) is 23.2 Å². The Labute approximate surface area is 159 Å². The number of nitrogens with one attached hydrogen (secondary N) is 1. The summed E-state index contributed by atoms with van der Waals surface area (Å²) in [7, 11) is 0. The van der Waals surface area contributed by atoms with Crippen LogP contribution in [0.1, 0.15) is 25.7 Å². The van der Waals surface area contributed by atoms with Gasteiger partial charge in [0.05, 0.1) is 23.3 Å². The molecular weight excluding hydrogens is 361 g/mol. The minimum atomic E-state index is -0.0509. The number of carbonyl (C=O) groups excluding carboxylic acids is 1. The molecule has 2 aliphatic rings. The fourth-order valence-corrected chi connectivity index (χ4v) is 3.79. The fraction of sp³-hybridized carbons (Fsp3) is 0.611. The Kier molecular flexibility index (Phi) is 6.82. The Morgan fingerprint density at radius 2 is 1.96 bits per heavy atom. The van der Waals surface area contributed by atoms with E-state index in [1.54, 1.807) is 18.2 Å². The first-order chi connectivity index (χ1) is 12.1. The lowest BCUT2D eigenvalue weighted by atomic mass is 9.99. The van der Waals surface area contributed by atoms with Crippen LogP contribution in [-0.2, 0) is 4.74 Å². The Morgan fingerprint density at radius 1 is 1.16 bits per heavy atom. The van der Waals surface area contributed by atoms with Crippen molar-refractivity contribution in [1.82, 2.24) is 9.80 Å². The average molecular weight is 386 g/mol. The van der Waals surface area contributed by atoms with Crippen LogP contribution in [0.3, 0.4) is 0 Å². The van der Waals surface area contributed by atoms with Gasteiger partial charge in [0.25, 0.3) is 0 Å². The molecule has 2 saturated heterocycles. The van der Waals surface area contributed by atoms with Crippen LogP contribution in [0.25, 0.3) is 0 Å². The highest BCUT2D eigenvalue weighted by atomic mass is 35.5. The van der Waals surface area contributed by atoms with E-state index < -0.39 is 0 Å². The number of benzene rings is 1. The first kappa shape index (κ1) is 18.8. The number of rotatable bonds is 4. The molecule has 0 spiro atoms. The van der Waals surface area contributed by atoms with Crippen LogP contribution in [0.2, 0.25) is 10.0 Å². The van der Waals surface area contributed by atoms with E-state index in [0.717, 1.165) is 58.7 Å². The van der Waals surface area contributed by atoms with Crippen molar-refractivity contribution >= 4 is 34.9 Å². The van der Waals surface area contributed by atoms with Crippen molar-refractivity contribution in [3.63, 3.8) is 0 Å². The van der Waals surface area contributed by atoms with E-state index in [4.69, 9.17) is 27.9 Å². The van der Waals surface area contributed by atoms with E-state index in [1.807, 2.05) is 4.90 Å². The van der Waals surface area contributed by atoms with Crippen molar-refractivity contribution in [1.29, 1.82) is 0 Å². The monoisotopic (exact) mass is 385 g/mol. The molecule has 3 rings (SSSR count). The lowest BCUT2D eigenvalue weighted by Crippen LogP contribution is -2.48. The third-order valence-electron chi connectivity index (χ3n) is 4.94. The minimum Gasteiger partial charge on any atom is -0.379 e. The molecule has 7 heteroatoms. The predicted octanol–water partition coefficient (Wildman–Crippen LogP) is 4.10. The van der Waals surface area contributed by atoms with Crippen LogP contribution in [0, 0.1) is 0 Å². The van der Waals surface area contributed by atoms with Crippen molar-refractivity contribution in [2.75, 3.05) is 44.7 Å². The summed E-state index contributed by atoms with van der Waals surface area (Å²) in [6.45, 7) is 5.42. The lowest BCUT2D eigenvalue weighted by Gasteiger charge is -2.37. The number of halogens is 2. The van der Waals surface area contributed by atoms with Gasteiger partial charge in [-0.25, -0.2) is 4.79 Å². The number of hydrogen-bond acceptors (Lipinski definition) is 3. The molecule has 0 saturated carbocycles. The molecule has 2 aliphatic heterocycles. The molecule has 2 amide bonds. The maximum Gasteiger partial charge on any atom is 0.322 e. The Morgan fingerprint density at radius 3 is 2.72 bits per heavy atom. The van der Waals surface area contributed by atoms with Gasteiger partial charge in [-0.05, 0) is 43.9 Å². The van der Waals surface area contributed by atoms with Crippen LogP contribution < -0.4 is 5.32 Å². The number of morpholine rings is 1. The molecule has 5 nitrogen and oxygen atoms in total. The number of likely N-dealkylation sites (tertiary alicyclic amines) is 1. The molecule has 2 fully saturated rings. The molecule has 1 unspecified atom stereocenters. The van der Waals surface area contributed by atoms with Crippen LogP contribution in [0.5, 0.6) is 0 Å². The first-order valence-corrected chi connectivity index (χ1v) is 9.72. The van der Waals surface area contributed by atoms with E-state index in [9.17, 15) is 4.79 Å². The number of ether oxygens (including phenoxy) is 1. The normalized spacial score (nSPS) is 22.0. The molecular formula is C18H25Cl2N3O2. The smallest absolute Gasteiger partial charge is 0.322 e. The molecule has 25 heavy (non-hydrogen) atoms. The summed E-state index contributed by atoms with van der Waals surface area (Å²) in [5.41, 5.74) is 0.678. The molecule has 1 atom stereocenters. The Bertz CT molecular complexity index is 594. The summed E-state index contributed by atoms with van der Waals surface area (Å²) < 4.78 is 5.40. The standard InChI is InChI=1S/C18H25Cl2N3O2/c19-16-5-4-14(13-17(16)20)21-18(24)23-7-2-1-3-15(23)6-8-22-9-11-25-12-10-22/h4-5,13,15H,1-3,6-12H2,(H,21,24). The minimum absolute atomic E-state index is 0.0509. The quantitative estimate of drug-likeness (QED) is 0.848. The van der Waals surface area contributed by atoms with Crippen LogP contribution in [-0.4, -0.2) is 61.3 Å². The summed E-state index contributed by atoms with van der Waals surface area (Å²) in [6, 6.07) is 5.41. The van der Waals surface area contributed by atoms with E-state index in [0.29, 0.717) is 21.8 Å². The summed E-state index contributed by atoms with van der Waals surface area (Å²) in [4.78, 5) is 17.1. The second-order valence-electron chi connectivity index (χ2n) is 6.64. The second-order valence-corrected chi connectivity index (χ2v) is 7.46. The zero-order valence-electron chi connectivity index (χ0n) is 14.3. The molecule has 138 valence electrons. The zero-order chi connectivity index (χ0) is 17.6. The highest BCUT2D eigenvalue weighted by Crippen LogP contribution is 2.26. The molecule has 0 radical (unpaired) electrons. The van der Waals surface area contributed by atoms with Crippen molar-refractivity contribution in [3.05, 3.63) is 28.2 Å². The number of urea groups is 1. The van der Waals surface area contributed by atoms with Crippen LogP contribution in [0.4, 0.5) is 10.5 Å². The number of amides is 2. The molecule has 0 aromatic heterocycles. The molecule has 1 aromatic carbocycles. The SMILES string of the molecule is O=C(Nc1ccc(Cl)c(Cl)c1)N1CCCCC1CCN1CCOCC1. The topological polar surface area (TPSA) is 44.8 Å². The average Bonchev–Trinajstić information content (AvgIpc) is 2.64. The third-order valence-corrected chi connectivity index (χ3v) is 5.68. The number of hydrogen-bond donors (Lipinski definition) is 1. The predicted molar refractivity (Wildman–Crippen MR) is 102 cm³/mol. The molecule has 1 N–H and O–H groups in total. The lowest BCUT2D eigenvalue weighted by molar-refractivity contribution is 0.0329. The van der Waals surface area contributed by atoms with Gasteiger partial charge < -0.3 is 15.0 Å². The number of piperidine rings is 1. The summed E-state index contributed by atoms with van der Waals surface area (Å²) in [6.07, 6.45) is 4.32. The Hall–Kier alpha value is -1.01. The second kappa shape index (κ2) is 9.08. The van der Waals surface area contributed by atoms with Gasteiger partial charge in [-0.2, -0.15) is 0 Å². The fourth-order valence-electron chi connectivity index (χ4n) is 3.49. The summed E-state index contributed by atoms with van der Waals surface area (Å²) >= 11 is 12.0. The van der Waals surface area contributed by atoms with Gasteiger partial charge in [0.1, 0.15) is 0 Å². The largest absolute Gasteiger partial charge is 0.379 e. The van der Waals surface area contributed by atoms with Gasteiger partial charge in [0.15, 0.2) is 0 Å². The van der Waals surface area contributed by atoms with Crippen LogP contribution >= 0.6 is 23.2 Å². The van der Waals surface area contributed by atoms with Gasteiger partial charge >= 0.3 is 6.03 Å². The van der Waals surface area contributed by atoms with Crippen molar-refractivity contribution in [3.8, 4) is 0 Å². The van der Waals surface area contributed by atoms with E-state index in [2.05, 4.69) is 10.2 Å². The van der Waals surface area contributed by atoms with Gasteiger partial charge in [-0.3, -0.25) is 4.90 Å². The van der Waals surface area contributed by atoms with Crippen molar-refractivity contribution in [2.45, 2.75) is 31.7 Å². The number of carbonyl (C=O) groups is 1.